The Labute approximate surface area is 116 Å². The highest BCUT2D eigenvalue weighted by Gasteiger charge is 2.10. The summed E-state index contributed by atoms with van der Waals surface area (Å²) in [5.74, 6) is 1.56. The first-order valence-corrected chi connectivity index (χ1v) is 6.76. The second kappa shape index (κ2) is 5.54. The van der Waals surface area contributed by atoms with E-state index in [1.165, 1.54) is 4.88 Å². The van der Waals surface area contributed by atoms with Crippen LogP contribution in [0.2, 0.25) is 4.34 Å². The Hall–Kier alpha value is -1.33. The van der Waals surface area contributed by atoms with Gasteiger partial charge in [0.2, 0.25) is 5.95 Å². The summed E-state index contributed by atoms with van der Waals surface area (Å²) >= 11 is 7.52. The van der Waals surface area contributed by atoms with Crippen LogP contribution in [0.25, 0.3) is 0 Å². The molecule has 0 saturated carbocycles. The van der Waals surface area contributed by atoms with Crippen molar-refractivity contribution in [2.24, 2.45) is 0 Å². The lowest BCUT2D eigenvalue weighted by Gasteiger charge is -2.19. The van der Waals surface area contributed by atoms with Gasteiger partial charge in [0.1, 0.15) is 5.82 Å². The van der Waals surface area contributed by atoms with Crippen molar-refractivity contribution in [2.75, 3.05) is 24.3 Å². The summed E-state index contributed by atoms with van der Waals surface area (Å²) in [6.07, 6.45) is 1.83. The van der Waals surface area contributed by atoms with E-state index >= 15 is 0 Å². The van der Waals surface area contributed by atoms with E-state index in [1.54, 1.807) is 11.3 Å². The first-order valence-electron chi connectivity index (χ1n) is 5.57. The zero-order valence-corrected chi connectivity index (χ0v) is 12.1. The van der Waals surface area contributed by atoms with Gasteiger partial charge in [-0.15, -0.1) is 11.3 Å². The number of anilines is 2. The molecule has 2 heterocycles. The second-order valence-electron chi connectivity index (χ2n) is 4.01. The molecule has 18 heavy (non-hydrogen) atoms. The molecule has 0 aromatic carbocycles. The predicted octanol–water partition coefficient (Wildman–Crippen LogP) is 3.18. The fourth-order valence-corrected chi connectivity index (χ4v) is 2.83. The molecule has 96 valence electrons. The van der Waals surface area contributed by atoms with E-state index in [0.29, 0.717) is 5.95 Å². The molecule has 0 aliphatic carbocycles. The molecule has 0 unspecified atom stereocenters. The summed E-state index contributed by atoms with van der Waals surface area (Å²) in [6, 6.07) is 3.96. The summed E-state index contributed by atoms with van der Waals surface area (Å²) in [6.45, 7) is 2.80. The molecule has 1 N–H and O–H groups in total. The molecule has 2 aromatic rings. The van der Waals surface area contributed by atoms with Gasteiger partial charge in [-0.25, -0.2) is 4.98 Å². The standard InChI is InChI=1S/C12H15ClN4S/c1-8-6-15-12(14-2)16-11(8)17(3)7-9-4-5-10(13)18-9/h4-6H,7H2,1-3H3,(H,14,15,16). The van der Waals surface area contributed by atoms with Gasteiger partial charge in [-0.3, -0.25) is 0 Å². The Bertz CT molecular complexity index is 541. The van der Waals surface area contributed by atoms with Gasteiger partial charge in [0.25, 0.3) is 0 Å². The molecular weight excluding hydrogens is 268 g/mol. The lowest BCUT2D eigenvalue weighted by Crippen LogP contribution is -2.19. The highest BCUT2D eigenvalue weighted by atomic mass is 35.5. The summed E-state index contributed by atoms with van der Waals surface area (Å²) in [4.78, 5) is 12.0. The molecule has 0 fully saturated rings. The smallest absolute Gasteiger partial charge is 0.224 e. The lowest BCUT2D eigenvalue weighted by molar-refractivity contribution is 0.896. The Morgan fingerprint density at radius 2 is 2.22 bits per heavy atom. The van der Waals surface area contributed by atoms with Crippen LogP contribution in [0, 0.1) is 6.92 Å². The highest BCUT2D eigenvalue weighted by molar-refractivity contribution is 7.16. The van der Waals surface area contributed by atoms with Crippen LogP contribution in [-0.4, -0.2) is 24.1 Å². The van der Waals surface area contributed by atoms with E-state index < -0.39 is 0 Å². The van der Waals surface area contributed by atoms with Crippen LogP contribution in [0.1, 0.15) is 10.4 Å². The second-order valence-corrected chi connectivity index (χ2v) is 5.81. The maximum atomic E-state index is 5.93. The first-order chi connectivity index (χ1) is 8.60. The Kier molecular flexibility index (Phi) is 4.04. The third-order valence-corrected chi connectivity index (χ3v) is 3.77. The van der Waals surface area contributed by atoms with Crippen molar-refractivity contribution in [3.8, 4) is 0 Å². The number of hydrogen-bond donors (Lipinski definition) is 1. The van der Waals surface area contributed by atoms with Gasteiger partial charge in [0.05, 0.1) is 10.9 Å². The molecule has 6 heteroatoms. The van der Waals surface area contributed by atoms with Crippen molar-refractivity contribution in [2.45, 2.75) is 13.5 Å². The Balaban J connectivity index is 2.20. The SMILES string of the molecule is CNc1ncc(C)c(N(C)Cc2ccc(Cl)s2)n1. The van der Waals surface area contributed by atoms with Gasteiger partial charge in [-0.1, -0.05) is 11.6 Å². The van der Waals surface area contributed by atoms with Crippen molar-refractivity contribution < 1.29 is 0 Å². The molecule has 4 nitrogen and oxygen atoms in total. The van der Waals surface area contributed by atoms with Crippen LogP contribution in [0.15, 0.2) is 18.3 Å². The van der Waals surface area contributed by atoms with E-state index in [9.17, 15) is 0 Å². The van der Waals surface area contributed by atoms with Crippen molar-refractivity contribution in [1.82, 2.24) is 9.97 Å². The molecule has 0 radical (unpaired) electrons. The predicted molar refractivity (Wildman–Crippen MR) is 77.8 cm³/mol. The van der Waals surface area contributed by atoms with Crippen LogP contribution >= 0.6 is 22.9 Å². The van der Waals surface area contributed by atoms with Crippen molar-refractivity contribution in [3.63, 3.8) is 0 Å². The molecular formula is C12H15ClN4S. The number of aromatic nitrogens is 2. The maximum absolute atomic E-state index is 5.93. The van der Waals surface area contributed by atoms with Crippen molar-refractivity contribution in [3.05, 3.63) is 33.1 Å². The molecule has 0 amide bonds. The van der Waals surface area contributed by atoms with Gasteiger partial charge < -0.3 is 10.2 Å². The topological polar surface area (TPSA) is 41.1 Å². The number of aryl methyl sites for hydroxylation is 1. The van der Waals surface area contributed by atoms with E-state index in [-0.39, 0.29) is 0 Å². The zero-order chi connectivity index (χ0) is 13.1. The maximum Gasteiger partial charge on any atom is 0.224 e. The number of rotatable bonds is 4. The van der Waals surface area contributed by atoms with Gasteiger partial charge in [0, 0.05) is 30.7 Å². The van der Waals surface area contributed by atoms with Crippen LogP contribution in [-0.2, 0) is 6.54 Å². The monoisotopic (exact) mass is 282 g/mol. The molecule has 0 bridgehead atoms. The molecule has 0 spiro atoms. The third kappa shape index (κ3) is 2.91. The number of hydrogen-bond acceptors (Lipinski definition) is 5. The first kappa shape index (κ1) is 13.1. The number of nitrogens with one attached hydrogen (secondary N) is 1. The summed E-state index contributed by atoms with van der Waals surface area (Å²) < 4.78 is 0.814. The normalized spacial score (nSPS) is 10.4. The summed E-state index contributed by atoms with van der Waals surface area (Å²) in [5.41, 5.74) is 1.05. The van der Waals surface area contributed by atoms with Crippen LogP contribution < -0.4 is 10.2 Å². The Morgan fingerprint density at radius 3 is 2.83 bits per heavy atom. The fraction of sp³-hybridized carbons (Fsp3) is 0.333. The average molecular weight is 283 g/mol. The highest BCUT2D eigenvalue weighted by Crippen LogP contribution is 2.25. The minimum atomic E-state index is 0.631. The van der Waals surface area contributed by atoms with E-state index in [4.69, 9.17) is 11.6 Å². The molecule has 2 rings (SSSR count). The van der Waals surface area contributed by atoms with Crippen LogP contribution in [0.3, 0.4) is 0 Å². The van der Waals surface area contributed by atoms with Gasteiger partial charge in [-0.05, 0) is 19.1 Å². The van der Waals surface area contributed by atoms with Crippen molar-refractivity contribution in [1.29, 1.82) is 0 Å². The molecule has 0 saturated heterocycles. The zero-order valence-electron chi connectivity index (χ0n) is 10.6. The van der Waals surface area contributed by atoms with E-state index in [2.05, 4.69) is 20.2 Å². The molecule has 0 aliphatic heterocycles. The summed E-state index contributed by atoms with van der Waals surface area (Å²) in [5, 5.41) is 2.95. The summed E-state index contributed by atoms with van der Waals surface area (Å²) in [7, 11) is 3.83. The minimum absolute atomic E-state index is 0.631. The van der Waals surface area contributed by atoms with Crippen LogP contribution in [0.4, 0.5) is 11.8 Å². The molecule has 0 atom stereocenters. The number of halogens is 1. The van der Waals surface area contributed by atoms with Crippen molar-refractivity contribution >= 4 is 34.7 Å². The van der Waals surface area contributed by atoms with Gasteiger partial charge in [0.15, 0.2) is 0 Å². The largest absolute Gasteiger partial charge is 0.357 e. The third-order valence-electron chi connectivity index (χ3n) is 2.55. The van der Waals surface area contributed by atoms with Gasteiger partial charge >= 0.3 is 0 Å². The average Bonchev–Trinajstić information content (AvgIpc) is 2.75. The fourth-order valence-electron chi connectivity index (χ4n) is 1.69. The van der Waals surface area contributed by atoms with E-state index in [1.807, 2.05) is 39.3 Å². The minimum Gasteiger partial charge on any atom is -0.357 e. The molecule has 2 aromatic heterocycles. The quantitative estimate of drug-likeness (QED) is 0.935. The van der Waals surface area contributed by atoms with Crippen LogP contribution in [0.5, 0.6) is 0 Å². The lowest BCUT2D eigenvalue weighted by atomic mass is 10.3. The molecule has 0 aliphatic rings. The Morgan fingerprint density at radius 1 is 1.44 bits per heavy atom. The number of thiophene rings is 1. The number of nitrogens with zero attached hydrogens (tertiary/aromatic N) is 3. The van der Waals surface area contributed by atoms with E-state index in [0.717, 1.165) is 22.3 Å². The van der Waals surface area contributed by atoms with Gasteiger partial charge in [-0.2, -0.15) is 4.98 Å².